The number of hydrogen-bond donors (Lipinski definition) is 0. The predicted molar refractivity (Wildman–Crippen MR) is 44.2 cm³/mol. The average molecular weight is 277 g/mol. The second-order valence-electron chi connectivity index (χ2n) is 2.36. The van der Waals surface area contributed by atoms with Gasteiger partial charge in [-0.15, -0.1) is 25.8 Å². The highest BCUT2D eigenvalue weighted by Gasteiger charge is 2.40. The first-order valence-corrected chi connectivity index (χ1v) is 7.65. The van der Waals surface area contributed by atoms with Crippen molar-refractivity contribution in [3.05, 3.63) is 0 Å². The summed E-state index contributed by atoms with van der Waals surface area (Å²) in [6.07, 6.45) is 0. The lowest BCUT2D eigenvalue weighted by molar-refractivity contribution is 0.672. The molecule has 0 saturated heterocycles. The zero-order chi connectivity index (χ0) is 11.2. The van der Waals surface area contributed by atoms with Gasteiger partial charge in [-0.25, -0.2) is 4.74 Å². The molecule has 0 aromatic carbocycles. The fourth-order valence-corrected chi connectivity index (χ4v) is 5.36. The SMILES string of the molecule is CC1N=P(F)(F)N=P(F)(F)N=P1(F)F. The summed E-state index contributed by atoms with van der Waals surface area (Å²) in [7, 11) is -17.0. The van der Waals surface area contributed by atoms with Gasteiger partial charge in [0.2, 0.25) is 0 Å². The molecule has 1 atom stereocenters. The number of rotatable bonds is 0. The van der Waals surface area contributed by atoms with E-state index in [4.69, 9.17) is 0 Å². The van der Waals surface area contributed by atoms with E-state index in [1.54, 1.807) is 4.52 Å². The highest BCUT2D eigenvalue weighted by Crippen LogP contribution is 2.78. The topological polar surface area (TPSA) is 37.1 Å². The minimum absolute atomic E-state index is 0.645. The van der Waals surface area contributed by atoms with Crippen molar-refractivity contribution in [1.29, 1.82) is 0 Å². The largest absolute Gasteiger partial charge is 0.424 e. The predicted octanol–water partition coefficient (Wildman–Crippen LogP) is 6.09. The summed E-state index contributed by atoms with van der Waals surface area (Å²) in [6.45, 7) is 0.645. The molecule has 0 bridgehead atoms. The van der Waals surface area contributed by atoms with Crippen LogP contribution >= 0.6 is 23.3 Å². The molecule has 3 nitrogen and oxygen atoms in total. The van der Waals surface area contributed by atoms with Crippen LogP contribution in [-0.2, 0) is 0 Å². The average Bonchev–Trinajstić information content (AvgIpc) is 1.81. The molecule has 0 aromatic heterocycles. The van der Waals surface area contributed by atoms with E-state index in [2.05, 4.69) is 4.74 Å². The van der Waals surface area contributed by atoms with Crippen LogP contribution in [0.25, 0.3) is 0 Å². The van der Waals surface area contributed by atoms with E-state index in [-0.39, 0.29) is 0 Å². The number of hydrogen-bond acceptors (Lipinski definition) is 3. The van der Waals surface area contributed by atoms with Gasteiger partial charge in [-0.3, -0.25) is 0 Å². The molecule has 1 rings (SSSR count). The summed E-state index contributed by atoms with van der Waals surface area (Å²) in [6, 6.07) is 0. The Morgan fingerprint density at radius 1 is 0.857 bits per heavy atom. The summed E-state index contributed by atoms with van der Waals surface area (Å²) >= 11 is 0. The first kappa shape index (κ1) is 12.3. The molecule has 0 amide bonds. The lowest BCUT2D eigenvalue weighted by Crippen LogP contribution is -1.89. The minimum Gasteiger partial charge on any atom is -0.212 e. The molecule has 0 spiro atoms. The van der Waals surface area contributed by atoms with E-state index in [0.717, 1.165) is 0 Å². The van der Waals surface area contributed by atoms with Gasteiger partial charge in [0.25, 0.3) is 0 Å². The lowest BCUT2D eigenvalue weighted by atomic mass is 10.8. The monoisotopic (exact) mass is 277 g/mol. The van der Waals surface area contributed by atoms with Crippen molar-refractivity contribution >= 4 is 23.3 Å². The minimum atomic E-state index is -5.91. The molecular weight excluding hydrogens is 273 g/mol. The van der Waals surface area contributed by atoms with Crippen molar-refractivity contribution in [1.82, 2.24) is 0 Å². The maximum absolute atomic E-state index is 12.7. The van der Waals surface area contributed by atoms with Gasteiger partial charge in [-0.05, 0) is 6.92 Å². The normalized spacial score (nSPS) is 33.2. The van der Waals surface area contributed by atoms with Gasteiger partial charge < -0.3 is 0 Å². The maximum atomic E-state index is 12.7. The molecule has 0 fully saturated rings. The van der Waals surface area contributed by atoms with Gasteiger partial charge in [0.15, 0.2) is 0 Å². The van der Waals surface area contributed by atoms with E-state index in [0.29, 0.717) is 6.92 Å². The highest BCUT2D eigenvalue weighted by molar-refractivity contribution is 7.72. The smallest absolute Gasteiger partial charge is 0.212 e. The van der Waals surface area contributed by atoms with Crippen LogP contribution in [0.3, 0.4) is 0 Å². The van der Waals surface area contributed by atoms with Crippen molar-refractivity contribution in [3.8, 4) is 0 Å². The molecule has 84 valence electrons. The third-order valence-electron chi connectivity index (χ3n) is 1.20. The van der Waals surface area contributed by atoms with Crippen molar-refractivity contribution in [2.45, 2.75) is 12.7 Å². The zero-order valence-electron chi connectivity index (χ0n) is 6.53. The molecular formula is C2H4F6N3P3. The van der Waals surface area contributed by atoms with Gasteiger partial charge >= 0.3 is 23.3 Å². The van der Waals surface area contributed by atoms with E-state index >= 15 is 0 Å². The standard InChI is InChI=1S/C2H4F6N3P3/c1-2-9-13(5,6)11-14(7,8)10-12(2,3)4/h2H,1H3. The van der Waals surface area contributed by atoms with Gasteiger partial charge in [-0.1, -0.05) is 0 Å². The molecule has 0 aliphatic carbocycles. The molecule has 1 aliphatic heterocycles. The quantitative estimate of drug-likeness (QED) is 0.379. The molecule has 0 radical (unpaired) electrons. The van der Waals surface area contributed by atoms with Gasteiger partial charge in [-0.2, -0.15) is 8.39 Å². The van der Waals surface area contributed by atoms with Crippen molar-refractivity contribution in [3.63, 3.8) is 0 Å². The van der Waals surface area contributed by atoms with Gasteiger partial charge in [0.1, 0.15) is 5.78 Å². The molecule has 14 heavy (non-hydrogen) atoms. The van der Waals surface area contributed by atoms with Crippen molar-refractivity contribution in [2.75, 3.05) is 0 Å². The summed E-state index contributed by atoms with van der Waals surface area (Å²) in [5, 5.41) is 0. The fourth-order valence-electron chi connectivity index (χ4n) is 0.652. The van der Waals surface area contributed by atoms with Crippen LogP contribution in [0.5, 0.6) is 0 Å². The van der Waals surface area contributed by atoms with Crippen LogP contribution in [0.15, 0.2) is 13.8 Å². The van der Waals surface area contributed by atoms with E-state index in [9.17, 15) is 25.2 Å². The Bertz CT molecular complexity index is 397. The molecule has 12 heteroatoms. The van der Waals surface area contributed by atoms with Crippen molar-refractivity contribution < 1.29 is 25.2 Å². The third-order valence-corrected chi connectivity index (χ3v) is 6.56. The fraction of sp³-hybridized carbons (Fsp3) is 1.00. The molecule has 0 saturated carbocycles. The summed E-state index contributed by atoms with van der Waals surface area (Å²) in [5.41, 5.74) is 0. The summed E-state index contributed by atoms with van der Waals surface area (Å²) < 4.78 is 81.3. The molecule has 1 heterocycles. The zero-order valence-corrected chi connectivity index (χ0v) is 9.21. The second kappa shape index (κ2) is 3.39. The van der Waals surface area contributed by atoms with Crippen LogP contribution in [-0.4, -0.2) is 5.78 Å². The summed E-state index contributed by atoms with van der Waals surface area (Å²) in [4.78, 5) is 0. The Balaban J connectivity index is 3.48. The number of nitrogens with zero attached hydrogens (tertiary/aromatic N) is 3. The Labute approximate surface area is 75.9 Å². The Morgan fingerprint density at radius 3 is 1.86 bits per heavy atom. The Morgan fingerprint density at radius 2 is 1.36 bits per heavy atom. The van der Waals surface area contributed by atoms with Crippen molar-refractivity contribution in [2.24, 2.45) is 13.8 Å². The lowest BCUT2D eigenvalue weighted by Gasteiger charge is -2.07. The molecule has 1 unspecified atom stereocenters. The first-order chi connectivity index (χ1) is 6.04. The van der Waals surface area contributed by atoms with Crippen LogP contribution < -0.4 is 0 Å². The van der Waals surface area contributed by atoms with E-state index in [1.165, 1.54) is 0 Å². The van der Waals surface area contributed by atoms with Gasteiger partial charge in [0.05, 0.1) is 0 Å². The molecule has 0 N–H and O–H groups in total. The highest BCUT2D eigenvalue weighted by atomic mass is 31.3. The number of halogens is 6. The van der Waals surface area contributed by atoms with Crippen LogP contribution in [0.2, 0.25) is 0 Å². The van der Waals surface area contributed by atoms with E-state index < -0.39 is 29.1 Å². The van der Waals surface area contributed by atoms with Crippen LogP contribution in [0.1, 0.15) is 6.92 Å². The van der Waals surface area contributed by atoms with Crippen LogP contribution in [0, 0.1) is 0 Å². The van der Waals surface area contributed by atoms with Gasteiger partial charge in [0, 0.05) is 0 Å². The first-order valence-electron chi connectivity index (χ1n) is 3.11. The second-order valence-corrected chi connectivity index (χ2v) is 7.65. The maximum Gasteiger partial charge on any atom is 0.424 e. The Hall–Kier alpha value is 0.270. The summed E-state index contributed by atoms with van der Waals surface area (Å²) in [5.74, 6) is -2.16. The van der Waals surface area contributed by atoms with Crippen LogP contribution in [0.4, 0.5) is 25.2 Å². The molecule has 1 aliphatic rings. The Kier molecular flexibility index (Phi) is 2.99. The van der Waals surface area contributed by atoms with E-state index in [1.807, 2.05) is 4.52 Å². The third kappa shape index (κ3) is 2.88. The molecule has 0 aromatic rings.